The first kappa shape index (κ1) is 12.9. The van der Waals surface area contributed by atoms with Gasteiger partial charge in [-0.3, -0.25) is 0 Å². The van der Waals surface area contributed by atoms with Crippen molar-refractivity contribution in [1.82, 2.24) is 4.90 Å². The zero-order valence-electron chi connectivity index (χ0n) is 9.71. The van der Waals surface area contributed by atoms with Gasteiger partial charge in [0, 0.05) is 18.6 Å². The van der Waals surface area contributed by atoms with Gasteiger partial charge in [-0.25, -0.2) is 0 Å². The fourth-order valence-electron chi connectivity index (χ4n) is 1.42. The summed E-state index contributed by atoms with van der Waals surface area (Å²) in [5.74, 6) is 0. The molecule has 0 aromatic carbocycles. The Bertz CT molecular complexity index is 115. The lowest BCUT2D eigenvalue weighted by molar-refractivity contribution is 0.232. The Kier molecular flexibility index (Phi) is 7.29. The summed E-state index contributed by atoms with van der Waals surface area (Å²) in [4.78, 5) is 2.36. The summed E-state index contributed by atoms with van der Waals surface area (Å²) >= 11 is 0. The number of unbranched alkanes of at least 4 members (excludes halogenated alkanes) is 1. The average molecular weight is 186 g/mol. The molecule has 2 N–H and O–H groups in total. The van der Waals surface area contributed by atoms with Crippen molar-refractivity contribution in [2.75, 3.05) is 13.6 Å². The molecular weight excluding hydrogens is 160 g/mol. The lowest BCUT2D eigenvalue weighted by Gasteiger charge is -2.26. The van der Waals surface area contributed by atoms with Crippen molar-refractivity contribution < 1.29 is 0 Å². The Morgan fingerprint density at radius 3 is 2.38 bits per heavy atom. The van der Waals surface area contributed by atoms with E-state index in [4.69, 9.17) is 5.73 Å². The summed E-state index contributed by atoms with van der Waals surface area (Å²) in [5.41, 5.74) is 6.01. The van der Waals surface area contributed by atoms with Crippen LogP contribution < -0.4 is 5.73 Å². The van der Waals surface area contributed by atoms with E-state index < -0.39 is 0 Å². The van der Waals surface area contributed by atoms with Crippen LogP contribution in [0.5, 0.6) is 0 Å². The number of nitrogens with zero attached hydrogens (tertiary/aromatic N) is 1. The highest BCUT2D eigenvalue weighted by Gasteiger charge is 2.10. The summed E-state index contributed by atoms with van der Waals surface area (Å²) in [6, 6.07) is 1.02. The van der Waals surface area contributed by atoms with Crippen molar-refractivity contribution in [3.8, 4) is 0 Å². The summed E-state index contributed by atoms with van der Waals surface area (Å²) < 4.78 is 0. The molecule has 13 heavy (non-hydrogen) atoms. The molecule has 0 aromatic heterocycles. The van der Waals surface area contributed by atoms with E-state index in [-0.39, 0.29) is 0 Å². The maximum absolute atomic E-state index is 6.01. The molecule has 0 amide bonds. The molecule has 0 heterocycles. The molecule has 0 fully saturated rings. The highest BCUT2D eigenvalue weighted by atomic mass is 15.1. The van der Waals surface area contributed by atoms with Gasteiger partial charge in [0.05, 0.1) is 0 Å². The first-order valence-corrected chi connectivity index (χ1v) is 5.57. The largest absolute Gasteiger partial charge is 0.327 e. The van der Waals surface area contributed by atoms with Gasteiger partial charge in [0.15, 0.2) is 0 Å². The lowest BCUT2D eigenvalue weighted by Crippen LogP contribution is -2.39. The summed E-state index contributed by atoms with van der Waals surface area (Å²) in [6.45, 7) is 7.73. The van der Waals surface area contributed by atoms with Gasteiger partial charge >= 0.3 is 0 Å². The average Bonchev–Trinajstić information content (AvgIpc) is 2.13. The molecule has 0 spiro atoms. The molecule has 0 aliphatic carbocycles. The van der Waals surface area contributed by atoms with Crippen LogP contribution in [-0.4, -0.2) is 30.6 Å². The molecule has 0 aromatic rings. The second-order valence-corrected chi connectivity index (χ2v) is 4.10. The zero-order chi connectivity index (χ0) is 10.3. The van der Waals surface area contributed by atoms with Gasteiger partial charge < -0.3 is 10.6 Å². The maximum atomic E-state index is 6.01. The fourth-order valence-corrected chi connectivity index (χ4v) is 1.42. The zero-order valence-corrected chi connectivity index (χ0v) is 9.71. The third-order valence-electron chi connectivity index (χ3n) is 2.79. The monoisotopic (exact) mass is 186 g/mol. The molecule has 0 bridgehead atoms. The van der Waals surface area contributed by atoms with Crippen molar-refractivity contribution in [3.05, 3.63) is 0 Å². The van der Waals surface area contributed by atoms with Gasteiger partial charge in [-0.15, -0.1) is 0 Å². The van der Waals surface area contributed by atoms with Crippen LogP contribution in [0.25, 0.3) is 0 Å². The number of hydrogen-bond donors (Lipinski definition) is 1. The Hall–Kier alpha value is -0.0800. The molecule has 0 aliphatic rings. The third kappa shape index (κ3) is 6.05. The van der Waals surface area contributed by atoms with E-state index in [0.717, 1.165) is 13.0 Å². The van der Waals surface area contributed by atoms with Crippen molar-refractivity contribution >= 4 is 0 Å². The van der Waals surface area contributed by atoms with E-state index in [2.05, 4.69) is 32.7 Å². The molecule has 80 valence electrons. The molecule has 0 aliphatic heterocycles. The van der Waals surface area contributed by atoms with Crippen molar-refractivity contribution in [3.63, 3.8) is 0 Å². The summed E-state index contributed by atoms with van der Waals surface area (Å²) in [5, 5.41) is 0. The van der Waals surface area contributed by atoms with E-state index >= 15 is 0 Å². The number of rotatable bonds is 7. The van der Waals surface area contributed by atoms with E-state index in [1.165, 1.54) is 19.3 Å². The second kappa shape index (κ2) is 7.34. The molecule has 2 unspecified atom stereocenters. The maximum Gasteiger partial charge on any atom is 0.0167 e. The minimum atomic E-state index is 0.360. The number of nitrogens with two attached hydrogens (primary N) is 1. The standard InChI is InChI=1S/C11H26N2/c1-5-7-8-11(12)9-13(4)10(3)6-2/h10-11H,5-9,12H2,1-4H3. The van der Waals surface area contributed by atoms with Gasteiger partial charge in [0.25, 0.3) is 0 Å². The Morgan fingerprint density at radius 1 is 1.31 bits per heavy atom. The third-order valence-corrected chi connectivity index (χ3v) is 2.79. The van der Waals surface area contributed by atoms with E-state index in [1.807, 2.05) is 0 Å². The second-order valence-electron chi connectivity index (χ2n) is 4.10. The molecule has 0 saturated heterocycles. The van der Waals surface area contributed by atoms with Crippen LogP contribution in [0.4, 0.5) is 0 Å². The molecule has 0 radical (unpaired) electrons. The molecule has 0 saturated carbocycles. The lowest BCUT2D eigenvalue weighted by atomic mass is 10.1. The Labute approximate surface area is 83.5 Å². The Morgan fingerprint density at radius 2 is 1.92 bits per heavy atom. The smallest absolute Gasteiger partial charge is 0.0167 e. The Balaban J connectivity index is 3.57. The number of likely N-dealkylation sites (N-methyl/N-ethyl adjacent to an activating group) is 1. The minimum absolute atomic E-state index is 0.360. The van der Waals surface area contributed by atoms with E-state index in [1.54, 1.807) is 0 Å². The van der Waals surface area contributed by atoms with E-state index in [9.17, 15) is 0 Å². The predicted molar refractivity (Wildman–Crippen MR) is 59.9 cm³/mol. The van der Waals surface area contributed by atoms with Crippen LogP contribution in [0.2, 0.25) is 0 Å². The van der Waals surface area contributed by atoms with Crippen LogP contribution in [0.3, 0.4) is 0 Å². The van der Waals surface area contributed by atoms with Crippen molar-refractivity contribution in [2.45, 2.75) is 58.5 Å². The van der Waals surface area contributed by atoms with Gasteiger partial charge in [0.2, 0.25) is 0 Å². The molecule has 2 atom stereocenters. The normalized spacial score (nSPS) is 16.2. The first-order valence-electron chi connectivity index (χ1n) is 5.57. The molecule has 2 heteroatoms. The molecular formula is C11H26N2. The topological polar surface area (TPSA) is 29.3 Å². The van der Waals surface area contributed by atoms with Crippen LogP contribution >= 0.6 is 0 Å². The first-order chi connectivity index (χ1) is 6.11. The molecule has 0 rings (SSSR count). The fraction of sp³-hybridized carbons (Fsp3) is 1.00. The highest BCUT2D eigenvalue weighted by molar-refractivity contribution is 4.69. The van der Waals surface area contributed by atoms with Crippen molar-refractivity contribution in [2.24, 2.45) is 5.73 Å². The van der Waals surface area contributed by atoms with Crippen LogP contribution in [-0.2, 0) is 0 Å². The highest BCUT2D eigenvalue weighted by Crippen LogP contribution is 2.04. The number of hydrogen-bond acceptors (Lipinski definition) is 2. The SMILES string of the molecule is CCCCC(N)CN(C)C(C)CC. The summed E-state index contributed by atoms with van der Waals surface area (Å²) in [6.07, 6.45) is 4.88. The quantitative estimate of drug-likeness (QED) is 0.660. The van der Waals surface area contributed by atoms with Gasteiger partial charge in [-0.05, 0) is 26.8 Å². The molecule has 2 nitrogen and oxygen atoms in total. The van der Waals surface area contributed by atoms with Crippen molar-refractivity contribution in [1.29, 1.82) is 0 Å². The minimum Gasteiger partial charge on any atom is -0.327 e. The van der Waals surface area contributed by atoms with E-state index in [0.29, 0.717) is 12.1 Å². The predicted octanol–water partition coefficient (Wildman–Crippen LogP) is 2.23. The van der Waals surface area contributed by atoms with Crippen LogP contribution in [0.15, 0.2) is 0 Å². The van der Waals surface area contributed by atoms with Gasteiger partial charge in [0.1, 0.15) is 0 Å². The summed E-state index contributed by atoms with van der Waals surface area (Å²) in [7, 11) is 2.17. The van der Waals surface area contributed by atoms with Gasteiger partial charge in [-0.2, -0.15) is 0 Å². The van der Waals surface area contributed by atoms with Crippen LogP contribution in [0, 0.1) is 0 Å². The van der Waals surface area contributed by atoms with Gasteiger partial charge in [-0.1, -0.05) is 26.7 Å². The van der Waals surface area contributed by atoms with Crippen LogP contribution in [0.1, 0.15) is 46.5 Å².